The predicted octanol–water partition coefficient (Wildman–Crippen LogP) is 5.48. The second kappa shape index (κ2) is 9.01. The summed E-state index contributed by atoms with van der Waals surface area (Å²) in [5.74, 6) is 1.23. The quantitative estimate of drug-likeness (QED) is 0.422. The third-order valence-corrected chi connectivity index (χ3v) is 4.74. The summed E-state index contributed by atoms with van der Waals surface area (Å²) in [6.07, 6.45) is 4.49. The molecule has 2 heterocycles. The maximum Gasteiger partial charge on any atom is 0.250 e. The number of anilines is 1. The molecule has 0 bridgehead atoms. The van der Waals surface area contributed by atoms with Crippen molar-refractivity contribution in [2.24, 2.45) is 0 Å². The summed E-state index contributed by atoms with van der Waals surface area (Å²) in [5.41, 5.74) is 1.59. The molecular weight excluding hydrogens is 417 g/mol. The summed E-state index contributed by atoms with van der Waals surface area (Å²) < 4.78 is 5.70. The summed E-state index contributed by atoms with van der Waals surface area (Å²) in [5, 5.41) is 6.44. The van der Waals surface area contributed by atoms with Gasteiger partial charge in [0.25, 0.3) is 0 Å². The van der Waals surface area contributed by atoms with Crippen LogP contribution in [0, 0.1) is 6.92 Å². The zero-order valence-corrected chi connectivity index (χ0v) is 17.0. The monoisotopic (exact) mass is 431 g/mol. The van der Waals surface area contributed by atoms with Crippen molar-refractivity contribution in [1.29, 1.82) is 0 Å². The van der Waals surface area contributed by atoms with Crippen LogP contribution < -0.4 is 10.6 Å². The third kappa shape index (κ3) is 4.98. The number of furan rings is 1. The Morgan fingerprint density at radius 1 is 1.18 bits per heavy atom. The first-order valence-electron chi connectivity index (χ1n) is 8.20. The van der Waals surface area contributed by atoms with E-state index in [-0.39, 0.29) is 5.11 Å². The Balaban J connectivity index is 1.62. The van der Waals surface area contributed by atoms with Gasteiger partial charge >= 0.3 is 0 Å². The molecule has 5 nitrogen and oxygen atoms in total. The van der Waals surface area contributed by atoms with Gasteiger partial charge < -0.3 is 9.73 Å². The van der Waals surface area contributed by atoms with Gasteiger partial charge in [0.05, 0.1) is 10.0 Å². The highest BCUT2D eigenvalue weighted by molar-refractivity contribution is 7.80. The van der Waals surface area contributed by atoms with E-state index in [1.165, 1.54) is 12.2 Å². The van der Waals surface area contributed by atoms with Gasteiger partial charge in [-0.05, 0) is 61.1 Å². The SMILES string of the molecule is Cc1cccnc1NC(=S)NC(=O)/C=C/c1ccc(-c2cccc(Cl)c2Cl)o1. The number of carbonyl (C=O) groups is 1. The molecule has 0 fully saturated rings. The molecule has 2 aromatic heterocycles. The van der Waals surface area contributed by atoms with E-state index in [2.05, 4.69) is 15.6 Å². The van der Waals surface area contributed by atoms with Gasteiger partial charge in [-0.1, -0.05) is 35.3 Å². The zero-order chi connectivity index (χ0) is 20.1. The van der Waals surface area contributed by atoms with Crippen molar-refractivity contribution in [1.82, 2.24) is 10.3 Å². The van der Waals surface area contributed by atoms with Crippen LogP contribution in [-0.4, -0.2) is 16.0 Å². The molecule has 3 rings (SSSR count). The highest BCUT2D eigenvalue weighted by atomic mass is 35.5. The molecule has 0 saturated carbocycles. The van der Waals surface area contributed by atoms with E-state index in [9.17, 15) is 4.79 Å². The number of carbonyl (C=O) groups excluding carboxylic acids is 1. The molecule has 2 N–H and O–H groups in total. The Kier molecular flexibility index (Phi) is 6.46. The minimum Gasteiger partial charge on any atom is -0.457 e. The Morgan fingerprint density at radius 3 is 2.79 bits per heavy atom. The fraction of sp³-hybridized carbons (Fsp3) is 0.0500. The van der Waals surface area contributed by atoms with Crippen molar-refractivity contribution in [3.8, 4) is 11.3 Å². The van der Waals surface area contributed by atoms with Gasteiger partial charge in [-0.15, -0.1) is 0 Å². The number of amides is 1. The summed E-state index contributed by atoms with van der Waals surface area (Å²) >= 11 is 17.4. The van der Waals surface area contributed by atoms with Crippen LogP contribution >= 0.6 is 35.4 Å². The molecule has 0 aliphatic rings. The molecule has 28 heavy (non-hydrogen) atoms. The molecule has 0 atom stereocenters. The standard InChI is InChI=1S/C20H15Cl2N3O2S/c1-12-4-3-11-23-19(12)25-20(28)24-17(26)10-8-13-7-9-16(27-13)14-5-2-6-15(21)18(14)22/h2-11H,1H3,(H2,23,24,25,26,28)/b10-8+. The average molecular weight is 432 g/mol. The lowest BCUT2D eigenvalue weighted by Crippen LogP contribution is -2.33. The molecular formula is C20H15Cl2N3O2S. The van der Waals surface area contributed by atoms with E-state index >= 15 is 0 Å². The Bertz CT molecular complexity index is 1060. The van der Waals surface area contributed by atoms with Gasteiger partial charge in [-0.3, -0.25) is 10.1 Å². The topological polar surface area (TPSA) is 67.2 Å². The van der Waals surface area contributed by atoms with Crippen LogP contribution in [0.4, 0.5) is 5.82 Å². The molecule has 8 heteroatoms. The Labute approximate surface area is 177 Å². The van der Waals surface area contributed by atoms with Crippen molar-refractivity contribution >= 4 is 58.3 Å². The fourth-order valence-electron chi connectivity index (χ4n) is 2.35. The van der Waals surface area contributed by atoms with Crippen molar-refractivity contribution in [2.45, 2.75) is 6.92 Å². The van der Waals surface area contributed by atoms with Crippen LogP contribution in [0.15, 0.2) is 59.2 Å². The number of nitrogens with one attached hydrogen (secondary N) is 2. The smallest absolute Gasteiger partial charge is 0.250 e. The van der Waals surface area contributed by atoms with Gasteiger partial charge in [0.2, 0.25) is 5.91 Å². The number of hydrogen-bond acceptors (Lipinski definition) is 4. The average Bonchev–Trinajstić information content (AvgIpc) is 3.13. The lowest BCUT2D eigenvalue weighted by Gasteiger charge is -2.09. The largest absolute Gasteiger partial charge is 0.457 e. The number of thiocarbonyl (C=S) groups is 1. The first-order chi connectivity index (χ1) is 13.4. The van der Waals surface area contributed by atoms with Gasteiger partial charge in [0.15, 0.2) is 5.11 Å². The molecule has 1 amide bonds. The molecule has 3 aromatic rings. The van der Waals surface area contributed by atoms with Crippen LogP contribution in [-0.2, 0) is 4.79 Å². The lowest BCUT2D eigenvalue weighted by atomic mass is 10.2. The molecule has 0 radical (unpaired) electrons. The van der Waals surface area contributed by atoms with E-state index in [0.717, 1.165) is 5.56 Å². The predicted molar refractivity (Wildman–Crippen MR) is 117 cm³/mol. The molecule has 0 aliphatic carbocycles. The molecule has 1 aromatic carbocycles. The molecule has 0 spiro atoms. The maximum atomic E-state index is 12.1. The van der Waals surface area contributed by atoms with Crippen LogP contribution in [0.25, 0.3) is 17.4 Å². The number of benzene rings is 1. The summed E-state index contributed by atoms with van der Waals surface area (Å²) in [4.78, 5) is 16.2. The van der Waals surface area contributed by atoms with Gasteiger partial charge in [0.1, 0.15) is 17.3 Å². The number of hydrogen-bond donors (Lipinski definition) is 2. The van der Waals surface area contributed by atoms with Crippen LogP contribution in [0.5, 0.6) is 0 Å². The van der Waals surface area contributed by atoms with Gasteiger partial charge in [-0.25, -0.2) is 4.98 Å². The first kappa shape index (κ1) is 20.1. The second-order valence-corrected chi connectivity index (χ2v) is 6.94. The summed E-state index contributed by atoms with van der Waals surface area (Å²) in [6.45, 7) is 1.89. The zero-order valence-electron chi connectivity index (χ0n) is 14.7. The molecule has 0 aliphatic heterocycles. The van der Waals surface area contributed by atoms with Crippen LogP contribution in [0.3, 0.4) is 0 Å². The van der Waals surface area contributed by atoms with E-state index in [0.29, 0.717) is 32.9 Å². The minimum absolute atomic E-state index is 0.155. The highest BCUT2D eigenvalue weighted by Crippen LogP contribution is 2.34. The van der Waals surface area contributed by atoms with E-state index in [1.54, 1.807) is 36.5 Å². The van der Waals surface area contributed by atoms with Crippen molar-refractivity contribution in [2.75, 3.05) is 5.32 Å². The lowest BCUT2D eigenvalue weighted by molar-refractivity contribution is -0.115. The Morgan fingerprint density at radius 2 is 2.00 bits per heavy atom. The van der Waals surface area contributed by atoms with Crippen LogP contribution in [0.1, 0.15) is 11.3 Å². The van der Waals surface area contributed by atoms with E-state index in [4.69, 9.17) is 39.8 Å². The maximum absolute atomic E-state index is 12.1. The number of aromatic nitrogens is 1. The second-order valence-electron chi connectivity index (χ2n) is 5.75. The number of pyridine rings is 1. The van der Waals surface area contributed by atoms with Crippen molar-refractivity contribution < 1.29 is 9.21 Å². The summed E-state index contributed by atoms with van der Waals surface area (Å²) in [7, 11) is 0. The first-order valence-corrected chi connectivity index (χ1v) is 9.36. The fourth-order valence-corrected chi connectivity index (χ4v) is 2.94. The van der Waals surface area contributed by atoms with E-state index in [1.807, 2.05) is 19.1 Å². The normalized spacial score (nSPS) is 10.8. The number of halogens is 2. The molecule has 0 unspecified atom stereocenters. The summed E-state index contributed by atoms with van der Waals surface area (Å²) in [6, 6.07) is 12.5. The van der Waals surface area contributed by atoms with Crippen molar-refractivity contribution in [3.05, 3.63) is 76.1 Å². The Hall–Kier alpha value is -2.67. The van der Waals surface area contributed by atoms with Crippen LogP contribution in [0.2, 0.25) is 10.0 Å². The number of rotatable bonds is 4. The molecule has 142 valence electrons. The third-order valence-electron chi connectivity index (χ3n) is 3.72. The van der Waals surface area contributed by atoms with Gasteiger partial charge in [-0.2, -0.15) is 0 Å². The number of nitrogens with zero attached hydrogens (tertiary/aromatic N) is 1. The van der Waals surface area contributed by atoms with E-state index < -0.39 is 5.91 Å². The van der Waals surface area contributed by atoms with Gasteiger partial charge in [0, 0.05) is 17.8 Å². The minimum atomic E-state index is -0.398. The molecule has 0 saturated heterocycles. The van der Waals surface area contributed by atoms with Crippen molar-refractivity contribution in [3.63, 3.8) is 0 Å². The number of aryl methyl sites for hydroxylation is 1. The highest BCUT2D eigenvalue weighted by Gasteiger charge is 2.10.